The van der Waals surface area contributed by atoms with Gasteiger partial charge in [0.15, 0.2) is 15.8 Å². The summed E-state index contributed by atoms with van der Waals surface area (Å²) in [5.41, 5.74) is 3.62. The van der Waals surface area contributed by atoms with Crippen LogP contribution < -0.4 is 10.6 Å². The van der Waals surface area contributed by atoms with E-state index in [0.29, 0.717) is 11.4 Å². The van der Waals surface area contributed by atoms with Crippen molar-refractivity contribution in [2.45, 2.75) is 37.6 Å². The van der Waals surface area contributed by atoms with Crippen LogP contribution in [0.1, 0.15) is 36.6 Å². The van der Waals surface area contributed by atoms with Crippen LogP contribution in [0.25, 0.3) is 0 Å². The average Bonchev–Trinajstić information content (AvgIpc) is 2.66. The molecule has 0 spiro atoms. The summed E-state index contributed by atoms with van der Waals surface area (Å²) >= 11 is 0. The summed E-state index contributed by atoms with van der Waals surface area (Å²) in [6.45, 7) is 4.97. The molecule has 1 unspecified atom stereocenters. The fourth-order valence-electron chi connectivity index (χ4n) is 2.75. The number of benzene rings is 2. The van der Waals surface area contributed by atoms with Gasteiger partial charge in [-0.05, 0) is 48.6 Å². The largest absolute Gasteiger partial charge is 0.356 e. The Hall–Kier alpha value is -1.61. The predicted molar refractivity (Wildman–Crippen MR) is 127 cm³/mol. The first-order chi connectivity index (χ1) is 12.8. The number of guanidine groups is 1. The Kier molecular flexibility index (Phi) is 9.95. The lowest BCUT2D eigenvalue weighted by Crippen LogP contribution is -2.39. The second-order valence-electron chi connectivity index (χ2n) is 6.63. The second kappa shape index (κ2) is 11.4. The maximum atomic E-state index is 11.5. The molecule has 7 heteroatoms. The molecule has 0 aliphatic carbocycles. The first-order valence-electron chi connectivity index (χ1n) is 9.18. The van der Waals surface area contributed by atoms with Gasteiger partial charge in [0.2, 0.25) is 0 Å². The Balaban J connectivity index is 0.00000392. The van der Waals surface area contributed by atoms with E-state index in [1.807, 2.05) is 12.1 Å². The Morgan fingerprint density at radius 3 is 2.11 bits per heavy atom. The summed E-state index contributed by atoms with van der Waals surface area (Å²) in [6, 6.07) is 15.8. The van der Waals surface area contributed by atoms with E-state index < -0.39 is 9.84 Å². The number of sulfone groups is 1. The summed E-state index contributed by atoms with van der Waals surface area (Å²) in [5.74, 6) is 0.745. The molecule has 0 aliphatic heterocycles. The second-order valence-corrected chi connectivity index (χ2v) is 8.64. The molecule has 0 aliphatic rings. The minimum absolute atomic E-state index is 0. The normalized spacial score (nSPS) is 12.8. The zero-order chi connectivity index (χ0) is 19.9. The smallest absolute Gasteiger partial charge is 0.191 e. The molecule has 0 heterocycles. The molecule has 0 aromatic heterocycles. The number of hydrogen-bond acceptors (Lipinski definition) is 3. The standard InChI is InChI=1S/C21H29N3O2S.HI/c1-5-17-6-10-19(11-7-17)16(2)24-21(22-3)23-15-14-18-8-12-20(13-9-18)27(4,25)26;/h6-13,16H,5,14-15H2,1-4H3,(H2,22,23,24);1H. The highest BCUT2D eigenvalue weighted by Crippen LogP contribution is 2.14. The molecule has 2 aromatic carbocycles. The third kappa shape index (κ3) is 7.43. The van der Waals surface area contributed by atoms with Gasteiger partial charge in [0.1, 0.15) is 0 Å². The predicted octanol–water partition coefficient (Wildman–Crippen LogP) is 3.74. The first-order valence-corrected chi connectivity index (χ1v) is 11.1. The third-order valence-corrected chi connectivity index (χ3v) is 5.65. The van der Waals surface area contributed by atoms with E-state index in [4.69, 9.17) is 0 Å². The fourth-order valence-corrected chi connectivity index (χ4v) is 3.38. The van der Waals surface area contributed by atoms with E-state index in [-0.39, 0.29) is 30.0 Å². The molecule has 0 amide bonds. The number of aryl methyl sites for hydroxylation is 1. The van der Waals surface area contributed by atoms with Crippen LogP contribution in [-0.4, -0.2) is 34.2 Å². The molecule has 2 N–H and O–H groups in total. The number of hydrogen-bond donors (Lipinski definition) is 2. The summed E-state index contributed by atoms with van der Waals surface area (Å²) in [7, 11) is -1.39. The van der Waals surface area contributed by atoms with E-state index in [0.717, 1.165) is 24.4 Å². The summed E-state index contributed by atoms with van der Waals surface area (Å²) in [6.07, 6.45) is 3.04. The van der Waals surface area contributed by atoms with Gasteiger partial charge in [-0.1, -0.05) is 43.3 Å². The van der Waals surface area contributed by atoms with Crippen molar-refractivity contribution < 1.29 is 8.42 Å². The summed E-state index contributed by atoms with van der Waals surface area (Å²) in [4.78, 5) is 4.63. The summed E-state index contributed by atoms with van der Waals surface area (Å²) < 4.78 is 23.0. The molecule has 5 nitrogen and oxygen atoms in total. The molecule has 0 radical (unpaired) electrons. The molecule has 0 fully saturated rings. The van der Waals surface area contributed by atoms with Crippen LogP contribution in [-0.2, 0) is 22.7 Å². The molecule has 0 saturated carbocycles. The van der Waals surface area contributed by atoms with Crippen LogP contribution in [0.2, 0.25) is 0 Å². The van der Waals surface area contributed by atoms with Crippen molar-refractivity contribution in [3.8, 4) is 0 Å². The molecule has 0 bridgehead atoms. The SMILES string of the molecule is CCc1ccc(C(C)NC(=NC)NCCc2ccc(S(C)(=O)=O)cc2)cc1.I. The van der Waals surface area contributed by atoms with E-state index in [1.165, 1.54) is 17.4 Å². The first kappa shape index (κ1) is 24.4. The van der Waals surface area contributed by atoms with E-state index in [1.54, 1.807) is 19.2 Å². The Morgan fingerprint density at radius 2 is 1.61 bits per heavy atom. The van der Waals surface area contributed by atoms with E-state index in [9.17, 15) is 8.42 Å². The third-order valence-electron chi connectivity index (χ3n) is 4.52. The van der Waals surface area contributed by atoms with Crippen LogP contribution in [0, 0.1) is 0 Å². The van der Waals surface area contributed by atoms with Gasteiger partial charge >= 0.3 is 0 Å². The molecule has 0 saturated heterocycles. The lowest BCUT2D eigenvalue weighted by Gasteiger charge is -2.18. The van der Waals surface area contributed by atoms with E-state index in [2.05, 4.69) is 53.7 Å². The van der Waals surface area contributed by atoms with Crippen molar-refractivity contribution in [3.63, 3.8) is 0 Å². The average molecular weight is 515 g/mol. The minimum atomic E-state index is -3.15. The highest BCUT2D eigenvalue weighted by molar-refractivity contribution is 14.0. The van der Waals surface area contributed by atoms with Gasteiger partial charge in [-0.2, -0.15) is 0 Å². The Labute approximate surface area is 186 Å². The molecule has 154 valence electrons. The summed E-state index contributed by atoms with van der Waals surface area (Å²) in [5, 5.41) is 6.70. The van der Waals surface area contributed by atoms with Gasteiger partial charge in [-0.3, -0.25) is 4.99 Å². The van der Waals surface area contributed by atoms with Crippen molar-refractivity contribution in [1.82, 2.24) is 10.6 Å². The maximum Gasteiger partial charge on any atom is 0.191 e. The zero-order valence-corrected chi connectivity index (χ0v) is 20.0. The van der Waals surface area contributed by atoms with Crippen LogP contribution in [0.3, 0.4) is 0 Å². The van der Waals surface area contributed by atoms with Crippen LogP contribution in [0.15, 0.2) is 58.4 Å². The lowest BCUT2D eigenvalue weighted by molar-refractivity contribution is 0.602. The Morgan fingerprint density at radius 1 is 1.04 bits per heavy atom. The van der Waals surface area contributed by atoms with Crippen LogP contribution in [0.5, 0.6) is 0 Å². The molecule has 28 heavy (non-hydrogen) atoms. The molecule has 2 rings (SSSR count). The Bertz CT molecular complexity index is 864. The topological polar surface area (TPSA) is 70.6 Å². The fraction of sp³-hybridized carbons (Fsp3) is 0.381. The van der Waals surface area contributed by atoms with Gasteiger partial charge in [-0.25, -0.2) is 8.42 Å². The van der Waals surface area contributed by atoms with Gasteiger partial charge in [0.25, 0.3) is 0 Å². The van der Waals surface area contributed by atoms with Crippen molar-refractivity contribution in [3.05, 3.63) is 65.2 Å². The number of nitrogens with zero attached hydrogens (tertiary/aromatic N) is 1. The molecule has 2 aromatic rings. The van der Waals surface area contributed by atoms with Crippen molar-refractivity contribution >= 4 is 39.8 Å². The van der Waals surface area contributed by atoms with Gasteiger partial charge in [0, 0.05) is 19.8 Å². The van der Waals surface area contributed by atoms with Crippen LogP contribution >= 0.6 is 24.0 Å². The molecule has 1 atom stereocenters. The van der Waals surface area contributed by atoms with Gasteiger partial charge in [-0.15, -0.1) is 24.0 Å². The number of halogens is 1. The molecular formula is C21H30IN3O2S. The van der Waals surface area contributed by atoms with Gasteiger partial charge < -0.3 is 10.6 Å². The van der Waals surface area contributed by atoms with Crippen molar-refractivity contribution in [2.24, 2.45) is 4.99 Å². The monoisotopic (exact) mass is 515 g/mol. The highest BCUT2D eigenvalue weighted by atomic mass is 127. The number of aliphatic imine (C=N–C) groups is 1. The van der Waals surface area contributed by atoms with E-state index >= 15 is 0 Å². The van der Waals surface area contributed by atoms with Crippen LogP contribution in [0.4, 0.5) is 0 Å². The van der Waals surface area contributed by atoms with Gasteiger partial charge in [0.05, 0.1) is 10.9 Å². The number of rotatable bonds is 7. The lowest BCUT2D eigenvalue weighted by atomic mass is 10.1. The minimum Gasteiger partial charge on any atom is -0.356 e. The quantitative estimate of drug-likeness (QED) is 0.335. The zero-order valence-electron chi connectivity index (χ0n) is 16.9. The highest BCUT2D eigenvalue weighted by Gasteiger charge is 2.08. The maximum absolute atomic E-state index is 11.5. The molecular weight excluding hydrogens is 485 g/mol. The van der Waals surface area contributed by atoms with Crippen molar-refractivity contribution in [2.75, 3.05) is 19.8 Å². The number of nitrogens with one attached hydrogen (secondary N) is 2. The van der Waals surface area contributed by atoms with Crippen molar-refractivity contribution in [1.29, 1.82) is 0 Å².